The molecule has 14 heavy (non-hydrogen) atoms. The van der Waals surface area contributed by atoms with Crippen molar-refractivity contribution in [1.29, 1.82) is 0 Å². The standard InChI is InChI=1S/C9H14N4O/c10-13-9-11-7-5-3-1-2-4-6(7)8(14)12-9/h1-5,10H2,(H2,11,12,13,14). The molecule has 2 rings (SSSR count). The average Bonchev–Trinajstić information content (AvgIpc) is 2.42. The van der Waals surface area contributed by atoms with E-state index < -0.39 is 0 Å². The minimum Gasteiger partial charge on any atom is -0.294 e. The lowest BCUT2D eigenvalue weighted by molar-refractivity contribution is 0.708. The Labute approximate surface area is 81.7 Å². The minimum atomic E-state index is -0.0511. The minimum absolute atomic E-state index is 0.0511. The fourth-order valence-electron chi connectivity index (χ4n) is 1.85. The Kier molecular flexibility index (Phi) is 2.49. The highest BCUT2D eigenvalue weighted by molar-refractivity contribution is 5.29. The molecule has 0 aromatic carbocycles. The van der Waals surface area contributed by atoms with Gasteiger partial charge in [0.25, 0.3) is 5.56 Å². The van der Waals surface area contributed by atoms with E-state index in [0.29, 0.717) is 5.95 Å². The highest BCUT2D eigenvalue weighted by Crippen LogP contribution is 2.16. The Morgan fingerprint density at radius 3 is 2.86 bits per heavy atom. The molecule has 5 heteroatoms. The molecule has 1 aliphatic carbocycles. The molecular formula is C9H14N4O. The maximum absolute atomic E-state index is 11.6. The van der Waals surface area contributed by atoms with Crippen molar-refractivity contribution in [3.63, 3.8) is 0 Å². The topological polar surface area (TPSA) is 83.8 Å². The second kappa shape index (κ2) is 3.79. The van der Waals surface area contributed by atoms with Gasteiger partial charge in [-0.1, -0.05) is 6.42 Å². The number of aryl methyl sites for hydroxylation is 1. The predicted molar refractivity (Wildman–Crippen MR) is 53.9 cm³/mol. The normalized spacial score (nSPS) is 15.8. The maximum atomic E-state index is 11.6. The SMILES string of the molecule is NNc1nc2c(c(=O)[nH]1)CCCCC2. The van der Waals surface area contributed by atoms with Crippen molar-refractivity contribution in [2.24, 2.45) is 5.84 Å². The lowest BCUT2D eigenvalue weighted by Crippen LogP contribution is -2.22. The number of hydrogen-bond acceptors (Lipinski definition) is 4. The largest absolute Gasteiger partial charge is 0.294 e. The molecule has 0 bridgehead atoms. The van der Waals surface area contributed by atoms with E-state index in [9.17, 15) is 4.79 Å². The van der Waals surface area contributed by atoms with Gasteiger partial charge in [-0.05, 0) is 25.7 Å². The molecule has 76 valence electrons. The first-order chi connectivity index (χ1) is 6.81. The second-order valence-electron chi connectivity index (χ2n) is 3.54. The van der Waals surface area contributed by atoms with Gasteiger partial charge in [-0.3, -0.25) is 15.2 Å². The van der Waals surface area contributed by atoms with Crippen LogP contribution in [0.25, 0.3) is 0 Å². The molecule has 0 saturated heterocycles. The van der Waals surface area contributed by atoms with Crippen molar-refractivity contribution in [2.45, 2.75) is 32.1 Å². The molecule has 0 fully saturated rings. The number of aromatic amines is 1. The van der Waals surface area contributed by atoms with Gasteiger partial charge < -0.3 is 0 Å². The van der Waals surface area contributed by atoms with Crippen LogP contribution in [0.5, 0.6) is 0 Å². The molecule has 1 aromatic rings. The van der Waals surface area contributed by atoms with Crippen LogP contribution >= 0.6 is 0 Å². The molecule has 0 saturated carbocycles. The number of rotatable bonds is 1. The summed E-state index contributed by atoms with van der Waals surface area (Å²) in [6, 6.07) is 0. The summed E-state index contributed by atoms with van der Waals surface area (Å²) in [6.45, 7) is 0. The lowest BCUT2D eigenvalue weighted by Gasteiger charge is -2.05. The van der Waals surface area contributed by atoms with E-state index in [4.69, 9.17) is 5.84 Å². The highest BCUT2D eigenvalue weighted by Gasteiger charge is 2.13. The van der Waals surface area contributed by atoms with Gasteiger partial charge in [0.1, 0.15) is 0 Å². The van der Waals surface area contributed by atoms with E-state index in [-0.39, 0.29) is 5.56 Å². The van der Waals surface area contributed by atoms with Crippen molar-refractivity contribution in [3.05, 3.63) is 21.6 Å². The first-order valence-electron chi connectivity index (χ1n) is 4.90. The van der Waals surface area contributed by atoms with Crippen molar-refractivity contribution in [1.82, 2.24) is 9.97 Å². The number of aromatic nitrogens is 2. The van der Waals surface area contributed by atoms with Gasteiger partial charge in [0.05, 0.1) is 5.69 Å². The van der Waals surface area contributed by atoms with E-state index in [1.54, 1.807) is 0 Å². The van der Waals surface area contributed by atoms with Crippen LogP contribution in [0.4, 0.5) is 5.95 Å². The summed E-state index contributed by atoms with van der Waals surface area (Å²) in [5, 5.41) is 0. The first-order valence-corrected chi connectivity index (χ1v) is 4.90. The summed E-state index contributed by atoms with van der Waals surface area (Å²) in [6.07, 6.45) is 5.07. The summed E-state index contributed by atoms with van der Waals surface area (Å²) < 4.78 is 0. The van der Waals surface area contributed by atoms with E-state index in [1.807, 2.05) is 0 Å². The lowest BCUT2D eigenvalue weighted by atomic mass is 10.1. The van der Waals surface area contributed by atoms with Crippen LogP contribution in [-0.2, 0) is 12.8 Å². The summed E-state index contributed by atoms with van der Waals surface area (Å²) >= 11 is 0. The Morgan fingerprint density at radius 1 is 1.29 bits per heavy atom. The summed E-state index contributed by atoms with van der Waals surface area (Å²) in [7, 11) is 0. The van der Waals surface area contributed by atoms with Gasteiger partial charge in [-0.2, -0.15) is 0 Å². The molecule has 0 spiro atoms. The number of fused-ring (bicyclic) bond motifs is 1. The second-order valence-corrected chi connectivity index (χ2v) is 3.54. The Balaban J connectivity index is 2.48. The van der Waals surface area contributed by atoms with E-state index in [2.05, 4.69) is 15.4 Å². The van der Waals surface area contributed by atoms with Gasteiger partial charge in [0, 0.05) is 5.56 Å². The van der Waals surface area contributed by atoms with Gasteiger partial charge in [0.2, 0.25) is 5.95 Å². The highest BCUT2D eigenvalue weighted by atomic mass is 16.1. The molecule has 1 aliphatic rings. The van der Waals surface area contributed by atoms with E-state index >= 15 is 0 Å². The van der Waals surface area contributed by atoms with Crippen LogP contribution in [0.1, 0.15) is 30.5 Å². The summed E-state index contributed by atoms with van der Waals surface area (Å²) in [5.74, 6) is 5.57. The zero-order valence-corrected chi connectivity index (χ0v) is 7.97. The molecule has 0 aliphatic heterocycles. The van der Waals surface area contributed by atoms with Gasteiger partial charge in [-0.15, -0.1) is 0 Å². The molecule has 0 radical (unpaired) electrons. The number of hydrazine groups is 1. The molecule has 0 atom stereocenters. The van der Waals surface area contributed by atoms with Crippen LogP contribution in [-0.4, -0.2) is 9.97 Å². The fraction of sp³-hybridized carbons (Fsp3) is 0.556. The summed E-state index contributed by atoms with van der Waals surface area (Å²) in [5.41, 5.74) is 4.06. The van der Waals surface area contributed by atoms with Crippen molar-refractivity contribution >= 4 is 5.95 Å². The molecular weight excluding hydrogens is 180 g/mol. The third-order valence-electron chi connectivity index (χ3n) is 2.58. The number of nitrogen functional groups attached to an aromatic ring is 1. The number of H-pyrrole nitrogens is 1. The monoisotopic (exact) mass is 194 g/mol. The predicted octanol–water partition coefficient (Wildman–Crippen LogP) is 0.324. The molecule has 0 amide bonds. The Hall–Kier alpha value is -1.36. The molecule has 1 aromatic heterocycles. The number of nitrogens with two attached hydrogens (primary N) is 1. The number of nitrogens with zero attached hydrogens (tertiary/aromatic N) is 1. The van der Waals surface area contributed by atoms with Crippen LogP contribution in [0.3, 0.4) is 0 Å². The molecule has 0 unspecified atom stereocenters. The van der Waals surface area contributed by atoms with Gasteiger partial charge in [-0.25, -0.2) is 10.8 Å². The smallest absolute Gasteiger partial charge is 0.255 e. The van der Waals surface area contributed by atoms with Crippen LogP contribution in [0, 0.1) is 0 Å². The molecule has 1 heterocycles. The molecule has 5 nitrogen and oxygen atoms in total. The maximum Gasteiger partial charge on any atom is 0.255 e. The Bertz CT molecular complexity index is 385. The zero-order valence-electron chi connectivity index (χ0n) is 7.97. The third-order valence-corrected chi connectivity index (χ3v) is 2.58. The molecule has 4 N–H and O–H groups in total. The summed E-state index contributed by atoms with van der Waals surface area (Å²) in [4.78, 5) is 18.5. The van der Waals surface area contributed by atoms with Crippen molar-refractivity contribution < 1.29 is 0 Å². The fourth-order valence-corrected chi connectivity index (χ4v) is 1.85. The first kappa shape index (κ1) is 9.21. The van der Waals surface area contributed by atoms with Crippen LogP contribution in [0.15, 0.2) is 4.79 Å². The van der Waals surface area contributed by atoms with Crippen LogP contribution in [0.2, 0.25) is 0 Å². The Morgan fingerprint density at radius 2 is 2.07 bits per heavy atom. The van der Waals surface area contributed by atoms with E-state index in [0.717, 1.165) is 36.9 Å². The average molecular weight is 194 g/mol. The van der Waals surface area contributed by atoms with Crippen LogP contribution < -0.4 is 16.8 Å². The quantitative estimate of drug-likeness (QED) is 0.341. The van der Waals surface area contributed by atoms with E-state index in [1.165, 1.54) is 6.42 Å². The number of nitrogens with one attached hydrogen (secondary N) is 2. The third kappa shape index (κ3) is 1.63. The van der Waals surface area contributed by atoms with Crippen molar-refractivity contribution in [2.75, 3.05) is 5.43 Å². The number of anilines is 1. The zero-order chi connectivity index (χ0) is 9.97. The van der Waals surface area contributed by atoms with Crippen molar-refractivity contribution in [3.8, 4) is 0 Å². The van der Waals surface area contributed by atoms with Gasteiger partial charge in [0.15, 0.2) is 0 Å². The van der Waals surface area contributed by atoms with Gasteiger partial charge >= 0.3 is 0 Å². The number of hydrogen-bond donors (Lipinski definition) is 3.